The van der Waals surface area contributed by atoms with Gasteiger partial charge in [-0.2, -0.15) is 13.2 Å². The predicted molar refractivity (Wildman–Crippen MR) is 63.6 cm³/mol. The summed E-state index contributed by atoms with van der Waals surface area (Å²) in [7, 11) is 0. The summed E-state index contributed by atoms with van der Waals surface area (Å²) in [4.78, 5) is 46.3. The molecule has 122 valence electrons. The molecule has 1 heterocycles. The fourth-order valence-corrected chi connectivity index (χ4v) is 1.60. The first kappa shape index (κ1) is 17.6. The first-order valence-corrected chi connectivity index (χ1v) is 5.88. The van der Waals surface area contributed by atoms with E-state index in [1.807, 2.05) is 0 Å². The zero-order chi connectivity index (χ0) is 17.1. The van der Waals surface area contributed by atoms with Gasteiger partial charge in [0.25, 0.3) is 23.4 Å². The van der Waals surface area contributed by atoms with Gasteiger partial charge in [-0.3, -0.25) is 14.4 Å². The second kappa shape index (κ2) is 6.13. The van der Waals surface area contributed by atoms with Crippen LogP contribution >= 0.6 is 0 Å². The van der Waals surface area contributed by atoms with Crippen LogP contribution in [-0.4, -0.2) is 53.6 Å². The minimum absolute atomic E-state index is 0.0603. The molecule has 1 unspecified atom stereocenters. The van der Waals surface area contributed by atoms with E-state index in [1.54, 1.807) is 0 Å². The Kier molecular flexibility index (Phi) is 4.91. The van der Waals surface area contributed by atoms with Crippen molar-refractivity contribution < 1.29 is 37.1 Å². The van der Waals surface area contributed by atoms with Crippen LogP contribution in [0.2, 0.25) is 0 Å². The number of nitrogens with two attached hydrogens (primary N) is 1. The number of imide groups is 1. The summed E-state index contributed by atoms with van der Waals surface area (Å²) in [5, 5.41) is 2.07. The first-order valence-electron chi connectivity index (χ1n) is 5.88. The van der Waals surface area contributed by atoms with Crippen LogP contribution in [0.3, 0.4) is 0 Å². The lowest BCUT2D eigenvalue weighted by Crippen LogP contribution is -2.62. The van der Waals surface area contributed by atoms with Crippen molar-refractivity contribution in [3.05, 3.63) is 12.2 Å². The highest BCUT2D eigenvalue weighted by Gasteiger charge is 2.54. The molecule has 0 saturated carbocycles. The number of alkyl halides is 3. The molecule has 8 nitrogen and oxygen atoms in total. The van der Waals surface area contributed by atoms with Crippen LogP contribution in [0, 0.1) is 0 Å². The minimum Gasteiger partial charge on any atom is -0.422 e. The lowest BCUT2D eigenvalue weighted by Gasteiger charge is -2.34. The fraction of sp³-hybridized carbons (Fsp3) is 0.455. The first-order chi connectivity index (χ1) is 10.0. The number of hydrogen-bond donors (Lipinski definition) is 2. The molecule has 0 aromatic heterocycles. The number of carbonyl (C=O) groups excluding carboxylic acids is 4. The van der Waals surface area contributed by atoms with Crippen molar-refractivity contribution in [2.24, 2.45) is 5.73 Å². The van der Waals surface area contributed by atoms with E-state index in [2.05, 4.69) is 10.1 Å². The van der Waals surface area contributed by atoms with Gasteiger partial charge in [0, 0.05) is 32.2 Å². The van der Waals surface area contributed by atoms with Gasteiger partial charge in [-0.15, -0.1) is 0 Å². The molecule has 22 heavy (non-hydrogen) atoms. The third-order valence-electron chi connectivity index (χ3n) is 2.61. The van der Waals surface area contributed by atoms with Gasteiger partial charge in [-0.1, -0.05) is 0 Å². The number of halogens is 3. The van der Waals surface area contributed by atoms with Crippen molar-refractivity contribution in [3.63, 3.8) is 0 Å². The molecule has 1 atom stereocenters. The lowest BCUT2D eigenvalue weighted by molar-refractivity contribution is -0.225. The monoisotopic (exact) mass is 323 g/mol. The van der Waals surface area contributed by atoms with Crippen LogP contribution in [0.4, 0.5) is 13.2 Å². The molecule has 0 saturated heterocycles. The van der Waals surface area contributed by atoms with Crippen molar-refractivity contribution in [1.82, 2.24) is 10.2 Å². The van der Waals surface area contributed by atoms with E-state index in [9.17, 15) is 32.3 Å². The molecule has 3 N–H and O–H groups in total. The predicted octanol–water partition coefficient (Wildman–Crippen LogP) is -1.19. The smallest absolute Gasteiger partial charge is 0.422 e. The van der Waals surface area contributed by atoms with E-state index >= 15 is 0 Å². The summed E-state index contributed by atoms with van der Waals surface area (Å²) >= 11 is 0. The molecular weight excluding hydrogens is 311 g/mol. The zero-order valence-corrected chi connectivity index (χ0v) is 11.3. The quantitative estimate of drug-likeness (QED) is 0.485. The van der Waals surface area contributed by atoms with E-state index in [0.717, 1.165) is 12.2 Å². The number of nitrogens with zero attached hydrogens (tertiary/aromatic N) is 1. The molecule has 0 spiro atoms. The van der Waals surface area contributed by atoms with Gasteiger partial charge in [0.1, 0.15) is 0 Å². The van der Waals surface area contributed by atoms with Crippen molar-refractivity contribution in [3.8, 4) is 0 Å². The third kappa shape index (κ3) is 3.42. The highest BCUT2D eigenvalue weighted by atomic mass is 19.4. The summed E-state index contributed by atoms with van der Waals surface area (Å²) in [6.45, 7) is 0.474. The Morgan fingerprint density at radius 2 is 1.77 bits per heavy atom. The average Bonchev–Trinajstić information content (AvgIpc) is 2.74. The summed E-state index contributed by atoms with van der Waals surface area (Å²) in [5.74, 6) is -6.19. The molecule has 0 bridgehead atoms. The number of nitrogens with one attached hydrogen (secondary N) is 1. The van der Waals surface area contributed by atoms with Gasteiger partial charge in [-0.05, 0) is 0 Å². The number of hydrogen-bond acceptors (Lipinski definition) is 6. The number of carbonyl (C=O) groups is 4. The highest BCUT2D eigenvalue weighted by molar-refractivity contribution is 6.15. The Labute approximate surface area is 122 Å². The Morgan fingerprint density at radius 3 is 2.18 bits per heavy atom. The molecule has 0 radical (unpaired) electrons. The lowest BCUT2D eigenvalue weighted by atomic mass is 10.2. The van der Waals surface area contributed by atoms with Crippen molar-refractivity contribution in [2.45, 2.75) is 18.8 Å². The summed E-state index contributed by atoms with van der Waals surface area (Å²) in [5.41, 5.74) is 2.34. The van der Waals surface area contributed by atoms with Gasteiger partial charge < -0.3 is 15.8 Å². The maximum absolute atomic E-state index is 12.3. The number of ether oxygens (including phenoxy) is 1. The maximum atomic E-state index is 12.3. The molecular formula is C11H12F3N3O5. The van der Waals surface area contributed by atoms with Crippen LogP contribution in [0.1, 0.15) is 6.92 Å². The topological polar surface area (TPSA) is 119 Å². The average molecular weight is 323 g/mol. The molecule has 0 aromatic rings. The van der Waals surface area contributed by atoms with Gasteiger partial charge >= 0.3 is 12.1 Å². The molecule has 11 heteroatoms. The Morgan fingerprint density at radius 1 is 1.27 bits per heavy atom. The van der Waals surface area contributed by atoms with E-state index in [-0.39, 0.29) is 18.0 Å². The van der Waals surface area contributed by atoms with Gasteiger partial charge in [0.05, 0.1) is 0 Å². The second-order valence-corrected chi connectivity index (χ2v) is 4.26. The molecule has 0 aromatic carbocycles. The van der Waals surface area contributed by atoms with Crippen molar-refractivity contribution in [1.29, 1.82) is 0 Å². The second-order valence-electron chi connectivity index (χ2n) is 4.26. The van der Waals surface area contributed by atoms with Crippen molar-refractivity contribution in [2.75, 3.05) is 13.1 Å². The minimum atomic E-state index is -5.41. The largest absolute Gasteiger partial charge is 0.491 e. The van der Waals surface area contributed by atoms with E-state index in [4.69, 9.17) is 5.73 Å². The maximum Gasteiger partial charge on any atom is 0.491 e. The zero-order valence-electron chi connectivity index (χ0n) is 11.3. The van der Waals surface area contributed by atoms with Crippen LogP contribution in [0.15, 0.2) is 12.2 Å². The van der Waals surface area contributed by atoms with Crippen LogP contribution in [-0.2, 0) is 23.9 Å². The van der Waals surface area contributed by atoms with Gasteiger partial charge in [0.2, 0.25) is 0 Å². The molecule has 0 fully saturated rings. The Balaban J connectivity index is 3.15. The molecule has 3 amide bonds. The summed E-state index contributed by atoms with van der Waals surface area (Å²) in [6, 6.07) is 0. The molecule has 1 aliphatic rings. The fourth-order valence-electron chi connectivity index (χ4n) is 1.60. The standard InChI is InChI=1S/C11H12F3N3O5/c1-10(8(20)16-5-4-15,22-9(21)11(12,13)14)17-6(18)2-3-7(17)19/h2-3H,4-5,15H2,1H3,(H,16,20). The van der Waals surface area contributed by atoms with E-state index in [0.29, 0.717) is 6.92 Å². The van der Waals surface area contributed by atoms with Gasteiger partial charge in [-0.25, -0.2) is 9.69 Å². The summed E-state index contributed by atoms with van der Waals surface area (Å²) in [6.07, 6.45) is -3.94. The summed E-state index contributed by atoms with van der Waals surface area (Å²) < 4.78 is 41.2. The number of amides is 3. The molecule has 1 aliphatic heterocycles. The van der Waals surface area contributed by atoms with Crippen LogP contribution in [0.25, 0.3) is 0 Å². The SMILES string of the molecule is CC(OC(=O)C(F)(F)F)(C(=O)NCCN)N1C(=O)C=CC1=O. The Bertz CT molecular complexity index is 528. The van der Waals surface area contributed by atoms with Crippen LogP contribution in [0.5, 0.6) is 0 Å². The Hall–Kier alpha value is -2.43. The van der Waals surface area contributed by atoms with Gasteiger partial charge in [0.15, 0.2) is 0 Å². The number of rotatable bonds is 5. The number of esters is 1. The van der Waals surface area contributed by atoms with Crippen molar-refractivity contribution >= 4 is 23.7 Å². The van der Waals surface area contributed by atoms with E-state index in [1.165, 1.54) is 0 Å². The molecule has 1 rings (SSSR count). The normalized spacial score (nSPS) is 17.4. The van der Waals surface area contributed by atoms with Crippen LogP contribution < -0.4 is 11.1 Å². The van der Waals surface area contributed by atoms with E-state index < -0.39 is 35.6 Å². The third-order valence-corrected chi connectivity index (χ3v) is 2.61. The molecule has 0 aliphatic carbocycles. The highest BCUT2D eigenvalue weighted by Crippen LogP contribution is 2.26.